The molecule has 2 N–H and O–H groups in total. The minimum Gasteiger partial charge on any atom is -0.496 e. The van der Waals surface area contributed by atoms with E-state index >= 15 is 0 Å². The van der Waals surface area contributed by atoms with Crippen LogP contribution in [-0.4, -0.2) is 31.5 Å². The second-order valence-corrected chi connectivity index (χ2v) is 5.95. The van der Waals surface area contributed by atoms with Crippen molar-refractivity contribution in [3.8, 4) is 17.2 Å². The van der Waals surface area contributed by atoms with Crippen molar-refractivity contribution in [3.63, 3.8) is 0 Å². The molecule has 0 aromatic heterocycles. The van der Waals surface area contributed by atoms with E-state index in [1.807, 2.05) is 0 Å². The van der Waals surface area contributed by atoms with E-state index in [-0.39, 0.29) is 12.7 Å². The average molecular weight is 364 g/mol. The number of hydrogen-bond acceptors (Lipinski definition) is 5. The highest BCUT2D eigenvalue weighted by Gasteiger charge is 2.17. The second kappa shape index (κ2) is 7.63. The number of ether oxygens (including phenoxy) is 3. The third-order valence-corrected chi connectivity index (χ3v) is 4.13. The van der Waals surface area contributed by atoms with Crippen molar-refractivity contribution in [2.45, 2.75) is 12.5 Å². The summed E-state index contributed by atoms with van der Waals surface area (Å²) in [6.07, 6.45) is -0.370. The molecule has 1 heterocycles. The van der Waals surface area contributed by atoms with E-state index < -0.39 is 6.10 Å². The van der Waals surface area contributed by atoms with Gasteiger partial charge in [0.05, 0.1) is 18.8 Å². The van der Waals surface area contributed by atoms with Crippen LogP contribution in [0.3, 0.4) is 0 Å². The number of amides is 1. The van der Waals surface area contributed by atoms with Gasteiger partial charge in [-0.15, -0.1) is 0 Å². The number of aliphatic hydroxyl groups is 1. The molecular weight excluding hydrogens is 346 g/mol. The van der Waals surface area contributed by atoms with Crippen LogP contribution in [0.5, 0.6) is 17.2 Å². The number of carbonyl (C=O) groups is 1. The number of rotatable bonds is 6. The fourth-order valence-electron chi connectivity index (χ4n) is 2.56. The van der Waals surface area contributed by atoms with Gasteiger partial charge in [0.1, 0.15) is 5.75 Å². The number of methoxy groups -OCH3 is 1. The van der Waals surface area contributed by atoms with Gasteiger partial charge in [-0.2, -0.15) is 0 Å². The van der Waals surface area contributed by atoms with Crippen molar-refractivity contribution in [1.29, 1.82) is 0 Å². The number of benzene rings is 2. The van der Waals surface area contributed by atoms with Gasteiger partial charge in [-0.3, -0.25) is 4.79 Å². The lowest BCUT2D eigenvalue weighted by atomic mass is 10.1. The van der Waals surface area contributed by atoms with E-state index in [1.165, 1.54) is 7.11 Å². The third kappa shape index (κ3) is 3.97. The fourth-order valence-corrected chi connectivity index (χ4v) is 2.73. The molecule has 2 aromatic carbocycles. The standard InChI is InChI=1S/C18H18ClNO5/c1-23-15-5-3-12(19)9-13(15)18(22)20-7-6-14(21)11-2-4-16-17(8-11)25-10-24-16/h2-5,8-9,14,21H,6-7,10H2,1H3,(H,20,22)/t14-/m0/s1. The van der Waals surface area contributed by atoms with Gasteiger partial charge in [-0.25, -0.2) is 0 Å². The maximum Gasteiger partial charge on any atom is 0.255 e. The van der Waals surface area contributed by atoms with Gasteiger partial charge in [0, 0.05) is 11.6 Å². The Morgan fingerprint density at radius 1 is 1.28 bits per heavy atom. The average Bonchev–Trinajstić information content (AvgIpc) is 3.09. The van der Waals surface area contributed by atoms with Crippen molar-refractivity contribution in [3.05, 3.63) is 52.5 Å². The molecule has 1 amide bonds. The predicted molar refractivity (Wildman–Crippen MR) is 92.5 cm³/mol. The molecule has 3 rings (SSSR count). The lowest BCUT2D eigenvalue weighted by Gasteiger charge is -2.13. The molecule has 132 valence electrons. The minimum absolute atomic E-state index is 0.187. The molecule has 25 heavy (non-hydrogen) atoms. The molecule has 0 radical (unpaired) electrons. The van der Waals surface area contributed by atoms with E-state index in [4.69, 9.17) is 25.8 Å². The maximum absolute atomic E-state index is 12.3. The van der Waals surface area contributed by atoms with Crippen LogP contribution in [0, 0.1) is 0 Å². The highest BCUT2D eigenvalue weighted by Crippen LogP contribution is 2.34. The summed E-state index contributed by atoms with van der Waals surface area (Å²) in [7, 11) is 1.49. The number of halogens is 1. The molecule has 1 aliphatic heterocycles. The van der Waals surface area contributed by atoms with E-state index in [0.717, 1.165) is 0 Å². The summed E-state index contributed by atoms with van der Waals surface area (Å²) in [4.78, 5) is 12.3. The molecule has 0 bridgehead atoms. The monoisotopic (exact) mass is 363 g/mol. The van der Waals surface area contributed by atoms with E-state index in [2.05, 4.69) is 5.32 Å². The van der Waals surface area contributed by atoms with Crippen LogP contribution in [0.25, 0.3) is 0 Å². The fraction of sp³-hybridized carbons (Fsp3) is 0.278. The van der Waals surface area contributed by atoms with Gasteiger partial charge in [0.25, 0.3) is 5.91 Å². The predicted octanol–water partition coefficient (Wildman–Crippen LogP) is 2.93. The van der Waals surface area contributed by atoms with E-state index in [0.29, 0.717) is 46.4 Å². The summed E-state index contributed by atoms with van der Waals surface area (Å²) in [6, 6.07) is 10.1. The minimum atomic E-state index is -0.726. The Balaban J connectivity index is 1.57. The number of aliphatic hydroxyl groups excluding tert-OH is 1. The largest absolute Gasteiger partial charge is 0.496 e. The molecular formula is C18H18ClNO5. The van der Waals surface area contributed by atoms with Gasteiger partial charge in [-0.1, -0.05) is 17.7 Å². The van der Waals surface area contributed by atoms with E-state index in [1.54, 1.807) is 36.4 Å². The van der Waals surface area contributed by atoms with Gasteiger partial charge in [-0.05, 0) is 42.3 Å². The van der Waals surface area contributed by atoms with Crippen LogP contribution in [0.15, 0.2) is 36.4 Å². The van der Waals surface area contributed by atoms with Gasteiger partial charge >= 0.3 is 0 Å². The zero-order chi connectivity index (χ0) is 17.8. The first kappa shape index (κ1) is 17.4. The quantitative estimate of drug-likeness (QED) is 0.825. The molecule has 0 fully saturated rings. The summed E-state index contributed by atoms with van der Waals surface area (Å²) in [5.41, 5.74) is 1.06. The van der Waals surface area contributed by atoms with Crippen molar-refractivity contribution in [2.24, 2.45) is 0 Å². The van der Waals surface area contributed by atoms with Crippen molar-refractivity contribution < 1.29 is 24.1 Å². The van der Waals surface area contributed by atoms with Crippen LogP contribution < -0.4 is 19.5 Å². The normalized spacial score (nSPS) is 13.4. The summed E-state index contributed by atoms with van der Waals surface area (Å²) in [5, 5.41) is 13.5. The molecule has 2 aromatic rings. The second-order valence-electron chi connectivity index (χ2n) is 5.52. The van der Waals surface area contributed by atoms with Crippen molar-refractivity contribution in [1.82, 2.24) is 5.32 Å². The Morgan fingerprint density at radius 3 is 2.88 bits per heavy atom. The Labute approximate surface area is 150 Å². The molecule has 6 nitrogen and oxygen atoms in total. The third-order valence-electron chi connectivity index (χ3n) is 3.89. The highest BCUT2D eigenvalue weighted by atomic mass is 35.5. The lowest BCUT2D eigenvalue weighted by molar-refractivity contribution is 0.0939. The zero-order valence-electron chi connectivity index (χ0n) is 13.6. The molecule has 0 spiro atoms. The van der Waals surface area contributed by atoms with Gasteiger partial charge in [0.2, 0.25) is 6.79 Å². The first-order valence-electron chi connectivity index (χ1n) is 7.78. The number of hydrogen-bond donors (Lipinski definition) is 2. The van der Waals surface area contributed by atoms with Crippen LogP contribution in [0.4, 0.5) is 0 Å². The lowest BCUT2D eigenvalue weighted by Crippen LogP contribution is -2.26. The Morgan fingerprint density at radius 2 is 2.08 bits per heavy atom. The summed E-state index contributed by atoms with van der Waals surface area (Å²) < 4.78 is 15.7. The SMILES string of the molecule is COc1ccc(Cl)cc1C(=O)NCC[C@H](O)c1ccc2c(c1)OCO2. The van der Waals surface area contributed by atoms with Crippen molar-refractivity contribution in [2.75, 3.05) is 20.4 Å². The molecule has 0 saturated carbocycles. The maximum atomic E-state index is 12.3. The Hall–Kier alpha value is -2.44. The smallest absolute Gasteiger partial charge is 0.255 e. The summed E-state index contributed by atoms with van der Waals surface area (Å²) in [5.74, 6) is 1.41. The number of carbonyl (C=O) groups excluding carboxylic acids is 1. The molecule has 0 unspecified atom stereocenters. The van der Waals surface area contributed by atoms with E-state index in [9.17, 15) is 9.90 Å². The summed E-state index contributed by atoms with van der Waals surface area (Å²) >= 11 is 5.93. The van der Waals surface area contributed by atoms with Crippen LogP contribution in [0.2, 0.25) is 5.02 Å². The molecule has 7 heteroatoms. The first-order chi connectivity index (χ1) is 12.1. The number of nitrogens with one attached hydrogen (secondary N) is 1. The molecule has 0 aliphatic carbocycles. The highest BCUT2D eigenvalue weighted by molar-refractivity contribution is 6.31. The first-order valence-corrected chi connectivity index (χ1v) is 8.15. The Bertz CT molecular complexity index is 780. The molecule has 1 aliphatic rings. The van der Waals surface area contributed by atoms with Gasteiger partial charge < -0.3 is 24.6 Å². The van der Waals surface area contributed by atoms with Crippen LogP contribution in [0.1, 0.15) is 28.4 Å². The van der Waals surface area contributed by atoms with Crippen molar-refractivity contribution >= 4 is 17.5 Å². The zero-order valence-corrected chi connectivity index (χ0v) is 14.4. The molecule has 1 atom stereocenters. The Kier molecular flexibility index (Phi) is 5.31. The van der Waals surface area contributed by atoms with Crippen LogP contribution in [-0.2, 0) is 0 Å². The van der Waals surface area contributed by atoms with Gasteiger partial charge in [0.15, 0.2) is 11.5 Å². The topological polar surface area (TPSA) is 77.0 Å². The molecule has 0 saturated heterocycles. The summed E-state index contributed by atoms with van der Waals surface area (Å²) in [6.45, 7) is 0.483. The van der Waals surface area contributed by atoms with Crippen LogP contribution >= 0.6 is 11.6 Å². The number of fused-ring (bicyclic) bond motifs is 1.